The van der Waals surface area contributed by atoms with Crippen molar-refractivity contribution in [1.29, 1.82) is 0 Å². The lowest BCUT2D eigenvalue weighted by molar-refractivity contribution is -0.355. The summed E-state index contributed by atoms with van der Waals surface area (Å²) in [5.41, 5.74) is -5.93. The molecule has 5 saturated carbocycles. The standard InChI is InChI=1S/C24H39NO7/c1-6-25-11-20(2)8-7-14(31-4)23-17(20)18(32-5)24(29,19(23)25)22(28)10-13(30-3)12-9-21(23,27)16(22)15(12)26/h12-19,26-29H,6-11H2,1-5H3/t12-,13+,14+,15+,16+,17-,18+,19+,20+,21+,22-,23-,24+/m1/s1. The molecule has 0 amide bonds. The first-order chi connectivity index (χ1) is 15.1. The molecule has 6 rings (SSSR count). The number of hydrogen-bond acceptors (Lipinski definition) is 8. The lowest BCUT2D eigenvalue weighted by Gasteiger charge is -2.72. The van der Waals surface area contributed by atoms with Crippen LogP contribution in [0.5, 0.6) is 0 Å². The van der Waals surface area contributed by atoms with Gasteiger partial charge in [-0.2, -0.15) is 0 Å². The van der Waals surface area contributed by atoms with Gasteiger partial charge in [-0.3, -0.25) is 4.90 Å². The third-order valence-corrected chi connectivity index (χ3v) is 11.3. The van der Waals surface area contributed by atoms with E-state index in [1.54, 1.807) is 21.3 Å². The van der Waals surface area contributed by atoms with Crippen molar-refractivity contribution in [2.75, 3.05) is 34.4 Å². The van der Waals surface area contributed by atoms with E-state index in [9.17, 15) is 20.4 Å². The van der Waals surface area contributed by atoms with Gasteiger partial charge in [0.15, 0.2) is 0 Å². The number of nitrogens with zero attached hydrogens (tertiary/aromatic N) is 1. The highest BCUT2D eigenvalue weighted by Crippen LogP contribution is 2.81. The van der Waals surface area contributed by atoms with Gasteiger partial charge in [-0.1, -0.05) is 13.8 Å². The Labute approximate surface area is 189 Å². The quantitative estimate of drug-likeness (QED) is 0.462. The minimum absolute atomic E-state index is 0.166. The monoisotopic (exact) mass is 453 g/mol. The third kappa shape index (κ3) is 1.86. The summed E-state index contributed by atoms with van der Waals surface area (Å²) in [5.74, 6) is -1.38. The normalized spacial score (nSPS) is 64.8. The van der Waals surface area contributed by atoms with E-state index >= 15 is 0 Å². The van der Waals surface area contributed by atoms with E-state index in [2.05, 4.69) is 18.7 Å². The van der Waals surface area contributed by atoms with Crippen LogP contribution >= 0.6 is 0 Å². The summed E-state index contributed by atoms with van der Waals surface area (Å²) in [6.07, 6.45) is -0.268. The van der Waals surface area contributed by atoms with Crippen molar-refractivity contribution >= 4 is 0 Å². The molecule has 8 heteroatoms. The fraction of sp³-hybridized carbons (Fsp3) is 1.00. The van der Waals surface area contributed by atoms with Gasteiger partial charge in [0.1, 0.15) is 11.2 Å². The van der Waals surface area contributed by atoms with Gasteiger partial charge in [0.05, 0.1) is 41.5 Å². The summed E-state index contributed by atoms with van der Waals surface area (Å²) in [6, 6.07) is -0.541. The lowest BCUT2D eigenvalue weighted by Crippen LogP contribution is -2.86. The van der Waals surface area contributed by atoms with Crippen molar-refractivity contribution in [3.8, 4) is 0 Å². The predicted molar refractivity (Wildman–Crippen MR) is 114 cm³/mol. The first-order valence-corrected chi connectivity index (χ1v) is 12.2. The van der Waals surface area contributed by atoms with Crippen molar-refractivity contribution in [3.63, 3.8) is 0 Å². The average molecular weight is 454 g/mol. The van der Waals surface area contributed by atoms with E-state index in [1.165, 1.54) is 0 Å². The maximum Gasteiger partial charge on any atom is 0.136 e. The summed E-state index contributed by atoms with van der Waals surface area (Å²) < 4.78 is 18.0. The van der Waals surface area contributed by atoms with Crippen LogP contribution in [0, 0.1) is 28.6 Å². The molecule has 32 heavy (non-hydrogen) atoms. The van der Waals surface area contributed by atoms with Crippen molar-refractivity contribution in [1.82, 2.24) is 4.90 Å². The van der Waals surface area contributed by atoms with Crippen LogP contribution in [0.15, 0.2) is 0 Å². The second kappa shape index (κ2) is 6.26. The average Bonchev–Trinajstić information content (AvgIpc) is 3.09. The van der Waals surface area contributed by atoms with Crippen LogP contribution in [0.25, 0.3) is 0 Å². The maximum absolute atomic E-state index is 12.8. The number of aliphatic hydroxyl groups is 4. The Kier molecular flexibility index (Phi) is 4.34. The lowest BCUT2D eigenvalue weighted by atomic mass is 9.41. The summed E-state index contributed by atoms with van der Waals surface area (Å²) in [5, 5.41) is 49.6. The molecule has 1 spiro atoms. The highest BCUT2D eigenvalue weighted by Gasteiger charge is 2.95. The predicted octanol–water partition coefficient (Wildman–Crippen LogP) is -0.241. The molecule has 1 aliphatic heterocycles. The van der Waals surface area contributed by atoms with Crippen LogP contribution in [0.4, 0.5) is 0 Å². The Bertz CT molecular complexity index is 828. The Morgan fingerprint density at radius 1 is 0.969 bits per heavy atom. The van der Waals surface area contributed by atoms with Gasteiger partial charge in [0, 0.05) is 52.0 Å². The van der Waals surface area contributed by atoms with E-state index in [4.69, 9.17) is 14.2 Å². The number of fused-ring (bicyclic) bond motifs is 2. The van der Waals surface area contributed by atoms with Gasteiger partial charge in [0.25, 0.3) is 0 Å². The molecule has 6 fully saturated rings. The van der Waals surface area contributed by atoms with Gasteiger partial charge in [0.2, 0.25) is 0 Å². The number of hydrogen-bond donors (Lipinski definition) is 4. The van der Waals surface area contributed by atoms with Crippen molar-refractivity contribution < 1.29 is 34.6 Å². The highest BCUT2D eigenvalue weighted by atomic mass is 16.5. The minimum atomic E-state index is -1.75. The van der Waals surface area contributed by atoms with Crippen LogP contribution < -0.4 is 0 Å². The topological polar surface area (TPSA) is 112 Å². The minimum Gasteiger partial charge on any atom is -0.392 e. The van der Waals surface area contributed by atoms with Crippen LogP contribution in [0.3, 0.4) is 0 Å². The van der Waals surface area contributed by atoms with Gasteiger partial charge in [-0.05, 0) is 31.2 Å². The number of methoxy groups -OCH3 is 3. The smallest absolute Gasteiger partial charge is 0.136 e. The maximum atomic E-state index is 12.8. The van der Waals surface area contributed by atoms with E-state index in [0.717, 1.165) is 19.4 Å². The summed E-state index contributed by atoms with van der Waals surface area (Å²) in [7, 11) is 4.87. The molecule has 182 valence electrons. The molecule has 7 bridgehead atoms. The SMILES string of the molecule is CCN1C[C@]2(C)CC[C@H](OC)[C@@]34[C@@H]2[C@H](OC)[C@](O)([C@@H]13)[C@@]1(O)C[C@H](OC)[C@H]2C[C@]4(O)[C@@H]1[C@H]2O. The van der Waals surface area contributed by atoms with E-state index in [-0.39, 0.29) is 29.8 Å². The molecular weight excluding hydrogens is 414 g/mol. The van der Waals surface area contributed by atoms with E-state index in [0.29, 0.717) is 13.0 Å². The number of ether oxygens (including phenoxy) is 3. The van der Waals surface area contributed by atoms with E-state index in [1.807, 2.05) is 0 Å². The van der Waals surface area contributed by atoms with Crippen molar-refractivity contribution in [2.24, 2.45) is 28.6 Å². The Hall–Kier alpha value is -0.320. The van der Waals surface area contributed by atoms with E-state index < -0.39 is 52.5 Å². The van der Waals surface area contributed by atoms with Crippen LogP contribution in [-0.2, 0) is 14.2 Å². The molecule has 5 aliphatic carbocycles. The van der Waals surface area contributed by atoms with Crippen LogP contribution in [0.1, 0.15) is 39.5 Å². The molecule has 1 heterocycles. The first kappa shape index (κ1) is 22.2. The molecule has 0 aromatic heterocycles. The Balaban J connectivity index is 1.73. The molecule has 8 nitrogen and oxygen atoms in total. The van der Waals surface area contributed by atoms with Gasteiger partial charge < -0.3 is 34.6 Å². The second-order valence-electron chi connectivity index (χ2n) is 11.9. The van der Waals surface area contributed by atoms with Gasteiger partial charge in [-0.25, -0.2) is 0 Å². The Morgan fingerprint density at radius 3 is 2.28 bits per heavy atom. The summed E-state index contributed by atoms with van der Waals surface area (Å²) >= 11 is 0. The van der Waals surface area contributed by atoms with Crippen molar-refractivity contribution in [3.05, 3.63) is 0 Å². The zero-order valence-electron chi connectivity index (χ0n) is 19.8. The Morgan fingerprint density at radius 2 is 1.69 bits per heavy atom. The number of likely N-dealkylation sites (N-methyl/N-ethyl adjacent to an activating group) is 1. The number of likely N-dealkylation sites (tertiary alicyclic amines) is 1. The molecule has 13 atom stereocenters. The molecule has 0 aromatic rings. The second-order valence-corrected chi connectivity index (χ2v) is 11.9. The summed E-state index contributed by atoms with van der Waals surface area (Å²) in [6.45, 7) is 5.77. The molecule has 4 N–H and O–H groups in total. The molecule has 6 aliphatic rings. The van der Waals surface area contributed by atoms with Crippen LogP contribution in [-0.4, -0.2) is 107 Å². The zero-order chi connectivity index (χ0) is 23.1. The number of piperidine rings is 1. The molecule has 1 saturated heterocycles. The fourth-order valence-corrected chi connectivity index (χ4v) is 10.7. The first-order valence-electron chi connectivity index (χ1n) is 12.2. The summed E-state index contributed by atoms with van der Waals surface area (Å²) in [4.78, 5) is 2.26. The highest BCUT2D eigenvalue weighted by molar-refractivity contribution is 5.45. The van der Waals surface area contributed by atoms with Crippen molar-refractivity contribution in [2.45, 2.75) is 86.8 Å². The number of aliphatic hydroxyl groups excluding tert-OH is 1. The fourth-order valence-electron chi connectivity index (χ4n) is 10.7. The molecular formula is C24H39NO7. The largest absolute Gasteiger partial charge is 0.392 e. The zero-order valence-corrected chi connectivity index (χ0v) is 19.8. The van der Waals surface area contributed by atoms with Gasteiger partial charge in [-0.15, -0.1) is 0 Å². The van der Waals surface area contributed by atoms with Crippen LogP contribution in [0.2, 0.25) is 0 Å². The molecule has 0 unspecified atom stereocenters. The van der Waals surface area contributed by atoms with Gasteiger partial charge >= 0.3 is 0 Å². The molecule has 0 aromatic carbocycles. The third-order valence-electron chi connectivity index (χ3n) is 11.3. The molecule has 0 radical (unpaired) electrons. The number of rotatable bonds is 4.